The van der Waals surface area contributed by atoms with Crippen LogP contribution in [0.4, 0.5) is 4.79 Å². The quantitative estimate of drug-likeness (QED) is 0.837. The second kappa shape index (κ2) is 6.75. The fourth-order valence-corrected chi connectivity index (χ4v) is 3.50. The zero-order valence-electron chi connectivity index (χ0n) is 14.9. The molecule has 0 bridgehead atoms. The lowest BCUT2D eigenvalue weighted by atomic mass is 9.98. The largest absolute Gasteiger partial charge is 0.444 e. The van der Waals surface area contributed by atoms with Crippen LogP contribution < -0.4 is 10.6 Å². The van der Waals surface area contributed by atoms with E-state index >= 15 is 0 Å². The van der Waals surface area contributed by atoms with Gasteiger partial charge in [-0.15, -0.1) is 0 Å². The van der Waals surface area contributed by atoms with Gasteiger partial charge in [0.2, 0.25) is 0 Å². The van der Waals surface area contributed by atoms with Crippen molar-refractivity contribution in [1.29, 1.82) is 0 Å². The summed E-state index contributed by atoms with van der Waals surface area (Å²) in [4.78, 5) is 14.5. The summed E-state index contributed by atoms with van der Waals surface area (Å²) in [5.74, 6) is 0. The zero-order valence-corrected chi connectivity index (χ0v) is 14.9. The lowest BCUT2D eigenvalue weighted by molar-refractivity contribution is 0.0469. The van der Waals surface area contributed by atoms with Crippen molar-refractivity contribution in [3.8, 4) is 0 Å². The molecule has 1 amide bonds. The summed E-state index contributed by atoms with van der Waals surface area (Å²) in [6.45, 7) is 13.0. The molecule has 2 atom stereocenters. The van der Waals surface area contributed by atoms with Gasteiger partial charge < -0.3 is 15.4 Å². The van der Waals surface area contributed by atoms with Crippen molar-refractivity contribution in [1.82, 2.24) is 15.5 Å². The van der Waals surface area contributed by atoms with E-state index in [0.717, 1.165) is 6.54 Å². The molecule has 128 valence electrons. The topological polar surface area (TPSA) is 53.6 Å². The van der Waals surface area contributed by atoms with E-state index < -0.39 is 5.60 Å². The number of amides is 1. The minimum Gasteiger partial charge on any atom is -0.444 e. The predicted molar refractivity (Wildman–Crippen MR) is 89.1 cm³/mol. The molecule has 0 saturated carbocycles. The molecule has 2 saturated heterocycles. The van der Waals surface area contributed by atoms with Crippen LogP contribution in [0.5, 0.6) is 0 Å². The van der Waals surface area contributed by atoms with E-state index in [1.165, 1.54) is 38.8 Å². The van der Waals surface area contributed by atoms with Gasteiger partial charge in [-0.1, -0.05) is 6.42 Å². The number of fused-ring (bicyclic) bond motifs is 1. The zero-order chi connectivity index (χ0) is 16.4. The summed E-state index contributed by atoms with van der Waals surface area (Å²) in [6.07, 6.45) is 4.86. The number of carbonyl (C=O) groups is 1. The number of piperidine rings is 1. The molecule has 2 aliphatic heterocycles. The monoisotopic (exact) mass is 311 g/mol. The molecule has 2 rings (SSSR count). The molecule has 0 aliphatic carbocycles. The van der Waals surface area contributed by atoms with Gasteiger partial charge in [-0.3, -0.25) is 4.90 Å². The van der Waals surface area contributed by atoms with Crippen LogP contribution in [0.2, 0.25) is 0 Å². The molecule has 2 aliphatic rings. The van der Waals surface area contributed by atoms with Gasteiger partial charge in [0.05, 0.1) is 5.54 Å². The van der Waals surface area contributed by atoms with Crippen LogP contribution in [-0.4, -0.2) is 53.9 Å². The fraction of sp³-hybridized carbons (Fsp3) is 0.941. The molecular weight excluding hydrogens is 278 g/mol. The number of hydrogen-bond acceptors (Lipinski definition) is 4. The Morgan fingerprint density at radius 1 is 1.14 bits per heavy atom. The van der Waals surface area contributed by atoms with E-state index in [-0.39, 0.29) is 11.6 Å². The SMILES string of the molecule is CC(C)(CNC1CCN2CCCCC12)NC(=O)OC(C)(C)C. The third kappa shape index (κ3) is 5.13. The molecule has 22 heavy (non-hydrogen) atoms. The maximum Gasteiger partial charge on any atom is 0.408 e. The van der Waals surface area contributed by atoms with Crippen LogP contribution in [0, 0.1) is 0 Å². The molecule has 2 heterocycles. The Balaban J connectivity index is 1.78. The van der Waals surface area contributed by atoms with Gasteiger partial charge in [0.15, 0.2) is 0 Å². The number of carbonyl (C=O) groups excluding carboxylic acids is 1. The highest BCUT2D eigenvalue weighted by Gasteiger charge is 2.36. The number of nitrogens with one attached hydrogen (secondary N) is 2. The highest BCUT2D eigenvalue weighted by Crippen LogP contribution is 2.27. The minimum atomic E-state index is -0.457. The summed E-state index contributed by atoms with van der Waals surface area (Å²) < 4.78 is 5.35. The number of ether oxygens (including phenoxy) is 1. The molecule has 0 radical (unpaired) electrons. The Labute approximate surface area is 135 Å². The van der Waals surface area contributed by atoms with Crippen LogP contribution in [0.25, 0.3) is 0 Å². The number of nitrogens with zero attached hydrogens (tertiary/aromatic N) is 1. The third-order valence-corrected chi connectivity index (χ3v) is 4.50. The highest BCUT2D eigenvalue weighted by molar-refractivity contribution is 5.68. The Bertz CT molecular complexity index is 390. The molecule has 2 N–H and O–H groups in total. The molecule has 0 aromatic heterocycles. The highest BCUT2D eigenvalue weighted by atomic mass is 16.6. The maximum absolute atomic E-state index is 11.9. The lowest BCUT2D eigenvalue weighted by Gasteiger charge is -2.35. The van der Waals surface area contributed by atoms with Crippen molar-refractivity contribution in [2.45, 2.75) is 83.5 Å². The first-order chi connectivity index (χ1) is 10.2. The second-order valence-corrected chi connectivity index (χ2v) is 8.39. The van der Waals surface area contributed by atoms with E-state index in [4.69, 9.17) is 4.74 Å². The Morgan fingerprint density at radius 3 is 2.55 bits per heavy atom. The summed E-state index contributed by atoms with van der Waals surface area (Å²) in [6, 6.07) is 1.24. The van der Waals surface area contributed by atoms with Gasteiger partial charge in [-0.25, -0.2) is 4.79 Å². The number of rotatable bonds is 4. The van der Waals surface area contributed by atoms with Crippen molar-refractivity contribution in [2.24, 2.45) is 0 Å². The molecule has 2 unspecified atom stereocenters. The maximum atomic E-state index is 11.9. The molecular formula is C17H33N3O2. The second-order valence-electron chi connectivity index (χ2n) is 8.39. The molecule has 2 fully saturated rings. The first-order valence-corrected chi connectivity index (χ1v) is 8.65. The molecule has 0 spiro atoms. The van der Waals surface area contributed by atoms with Gasteiger partial charge in [0.25, 0.3) is 0 Å². The third-order valence-electron chi connectivity index (χ3n) is 4.50. The van der Waals surface area contributed by atoms with E-state index in [9.17, 15) is 4.79 Å². The average Bonchev–Trinajstić information content (AvgIpc) is 2.76. The fourth-order valence-electron chi connectivity index (χ4n) is 3.50. The van der Waals surface area contributed by atoms with Gasteiger partial charge >= 0.3 is 6.09 Å². The van der Waals surface area contributed by atoms with Crippen LogP contribution in [0.15, 0.2) is 0 Å². The average molecular weight is 311 g/mol. The number of alkyl carbamates (subject to hydrolysis) is 1. The van der Waals surface area contributed by atoms with E-state index in [2.05, 4.69) is 15.5 Å². The summed E-state index contributed by atoms with van der Waals surface area (Å²) in [7, 11) is 0. The predicted octanol–water partition coefficient (Wildman–Crippen LogP) is 2.51. The first kappa shape index (κ1) is 17.5. The van der Waals surface area contributed by atoms with E-state index in [1.54, 1.807) is 0 Å². The van der Waals surface area contributed by atoms with E-state index in [0.29, 0.717) is 12.1 Å². The molecule has 0 aromatic rings. The van der Waals surface area contributed by atoms with Crippen molar-refractivity contribution < 1.29 is 9.53 Å². The number of hydrogen-bond donors (Lipinski definition) is 2. The van der Waals surface area contributed by atoms with Crippen LogP contribution in [0.3, 0.4) is 0 Å². The van der Waals surface area contributed by atoms with Crippen molar-refractivity contribution in [2.75, 3.05) is 19.6 Å². The lowest BCUT2D eigenvalue weighted by Crippen LogP contribution is -2.55. The summed E-state index contributed by atoms with van der Waals surface area (Å²) in [5, 5.41) is 6.65. The van der Waals surface area contributed by atoms with Gasteiger partial charge in [-0.2, -0.15) is 0 Å². The van der Waals surface area contributed by atoms with Crippen molar-refractivity contribution in [3.05, 3.63) is 0 Å². The molecule has 5 nitrogen and oxygen atoms in total. The van der Waals surface area contributed by atoms with Crippen molar-refractivity contribution in [3.63, 3.8) is 0 Å². The Morgan fingerprint density at radius 2 is 1.86 bits per heavy atom. The van der Waals surface area contributed by atoms with Gasteiger partial charge in [0, 0.05) is 25.2 Å². The van der Waals surface area contributed by atoms with Gasteiger partial charge in [-0.05, 0) is 60.4 Å². The minimum absolute atomic E-state index is 0.315. The van der Waals surface area contributed by atoms with Crippen molar-refractivity contribution >= 4 is 6.09 Å². The summed E-state index contributed by atoms with van der Waals surface area (Å²) in [5.41, 5.74) is -0.772. The van der Waals surface area contributed by atoms with E-state index in [1.807, 2.05) is 34.6 Å². The molecule has 5 heteroatoms. The van der Waals surface area contributed by atoms with Crippen LogP contribution in [0.1, 0.15) is 60.3 Å². The summed E-state index contributed by atoms with van der Waals surface area (Å²) >= 11 is 0. The Kier molecular flexibility index (Phi) is 5.38. The molecule has 0 aromatic carbocycles. The van der Waals surface area contributed by atoms with Crippen LogP contribution in [-0.2, 0) is 4.74 Å². The van der Waals surface area contributed by atoms with Gasteiger partial charge in [0.1, 0.15) is 5.60 Å². The standard InChI is InChI=1S/C17H33N3O2/c1-16(2,3)22-15(21)19-17(4,5)12-18-13-9-11-20-10-7-6-8-14(13)20/h13-14,18H,6-12H2,1-5H3,(H,19,21). The van der Waals surface area contributed by atoms with Crippen LogP contribution >= 0.6 is 0 Å². The normalized spacial score (nSPS) is 26.6. The smallest absolute Gasteiger partial charge is 0.408 e. The Hall–Kier alpha value is -0.810. The first-order valence-electron chi connectivity index (χ1n) is 8.65.